The van der Waals surface area contributed by atoms with Gasteiger partial charge in [-0.25, -0.2) is 0 Å². The highest BCUT2D eigenvalue weighted by Crippen LogP contribution is 2.16. The second-order valence-corrected chi connectivity index (χ2v) is 4.32. The highest BCUT2D eigenvalue weighted by Gasteiger charge is 2.20. The molecule has 0 bridgehead atoms. The molecule has 1 heterocycles. The van der Waals surface area contributed by atoms with E-state index in [0.29, 0.717) is 12.5 Å². The van der Waals surface area contributed by atoms with Crippen molar-refractivity contribution in [2.24, 2.45) is 11.8 Å². The van der Waals surface area contributed by atoms with Crippen LogP contribution in [-0.2, 0) is 0 Å². The van der Waals surface area contributed by atoms with Crippen molar-refractivity contribution < 1.29 is 5.11 Å². The van der Waals surface area contributed by atoms with Gasteiger partial charge in [-0.05, 0) is 37.8 Å². The van der Waals surface area contributed by atoms with E-state index >= 15 is 0 Å². The van der Waals surface area contributed by atoms with Crippen LogP contribution in [0.4, 0.5) is 0 Å². The molecule has 1 aliphatic heterocycles. The summed E-state index contributed by atoms with van der Waals surface area (Å²) >= 11 is 0. The molecule has 2 heteroatoms. The number of hydrogen-bond donors (Lipinski definition) is 1. The molecule has 72 valence electrons. The molecule has 1 N–H and O–H groups in total. The Bertz CT molecular complexity index is 125. The Morgan fingerprint density at radius 1 is 1.50 bits per heavy atom. The second kappa shape index (κ2) is 4.83. The van der Waals surface area contributed by atoms with Crippen LogP contribution in [0.3, 0.4) is 0 Å². The van der Waals surface area contributed by atoms with Crippen molar-refractivity contribution in [3.63, 3.8) is 0 Å². The third-order valence-electron chi connectivity index (χ3n) is 2.65. The summed E-state index contributed by atoms with van der Waals surface area (Å²) < 4.78 is 0. The molecule has 1 rings (SSSR count). The maximum Gasteiger partial charge on any atom is 0.0471 e. The number of rotatable bonds is 4. The van der Waals surface area contributed by atoms with E-state index in [1.807, 2.05) is 0 Å². The Morgan fingerprint density at radius 3 is 2.75 bits per heavy atom. The lowest BCUT2D eigenvalue weighted by Gasteiger charge is -2.16. The van der Waals surface area contributed by atoms with Crippen molar-refractivity contribution in [2.45, 2.75) is 26.7 Å². The van der Waals surface area contributed by atoms with Crippen LogP contribution in [0.15, 0.2) is 0 Å². The number of nitrogens with zero attached hydrogens (tertiary/aromatic N) is 1. The van der Waals surface area contributed by atoms with Crippen LogP contribution < -0.4 is 0 Å². The largest absolute Gasteiger partial charge is 0.396 e. The maximum absolute atomic E-state index is 8.93. The smallest absolute Gasteiger partial charge is 0.0471 e. The minimum absolute atomic E-state index is 0.373. The quantitative estimate of drug-likeness (QED) is 0.690. The zero-order valence-corrected chi connectivity index (χ0v) is 8.29. The molecule has 0 unspecified atom stereocenters. The number of aliphatic hydroxyl groups is 1. The lowest BCUT2D eigenvalue weighted by atomic mass is 10.1. The highest BCUT2D eigenvalue weighted by atomic mass is 16.3. The van der Waals surface area contributed by atoms with Crippen LogP contribution in [-0.4, -0.2) is 36.2 Å². The van der Waals surface area contributed by atoms with Gasteiger partial charge < -0.3 is 10.0 Å². The van der Waals surface area contributed by atoms with Crippen molar-refractivity contribution in [3.8, 4) is 0 Å². The molecule has 2 nitrogen and oxygen atoms in total. The summed E-state index contributed by atoms with van der Waals surface area (Å²) in [6.45, 7) is 8.42. The number of aliphatic hydroxyl groups excluding tert-OH is 1. The van der Waals surface area contributed by atoms with Gasteiger partial charge in [-0.2, -0.15) is 0 Å². The fourth-order valence-electron chi connectivity index (χ4n) is 1.71. The van der Waals surface area contributed by atoms with E-state index in [-0.39, 0.29) is 0 Å². The Labute approximate surface area is 75.6 Å². The summed E-state index contributed by atoms with van der Waals surface area (Å²) in [6.07, 6.45) is 2.48. The van der Waals surface area contributed by atoms with Gasteiger partial charge in [0.25, 0.3) is 0 Å². The first kappa shape index (κ1) is 10.0. The summed E-state index contributed by atoms with van der Waals surface area (Å²) in [7, 11) is 0. The summed E-state index contributed by atoms with van der Waals surface area (Å²) in [5, 5.41) is 8.93. The molecule has 0 amide bonds. The van der Waals surface area contributed by atoms with Crippen LogP contribution in [0.5, 0.6) is 0 Å². The van der Waals surface area contributed by atoms with Crippen molar-refractivity contribution >= 4 is 0 Å². The number of hydrogen-bond acceptors (Lipinski definition) is 2. The van der Waals surface area contributed by atoms with Gasteiger partial charge in [0.15, 0.2) is 0 Å². The Hall–Kier alpha value is -0.0800. The predicted octanol–water partition coefficient (Wildman–Crippen LogP) is 1.35. The zero-order chi connectivity index (χ0) is 8.97. The van der Waals surface area contributed by atoms with E-state index in [4.69, 9.17) is 5.11 Å². The molecule has 1 atom stereocenters. The summed E-state index contributed by atoms with van der Waals surface area (Å²) in [4.78, 5) is 2.47. The molecular weight excluding hydrogens is 150 g/mol. The van der Waals surface area contributed by atoms with Crippen LogP contribution in [0, 0.1) is 11.8 Å². The summed E-state index contributed by atoms with van der Waals surface area (Å²) in [5.74, 6) is 1.36. The zero-order valence-electron chi connectivity index (χ0n) is 8.29. The van der Waals surface area contributed by atoms with E-state index in [1.54, 1.807) is 0 Å². The van der Waals surface area contributed by atoms with Crippen molar-refractivity contribution in [3.05, 3.63) is 0 Å². The SMILES string of the molecule is CC(C)CCN1CC[C@H](CO)C1. The van der Waals surface area contributed by atoms with E-state index < -0.39 is 0 Å². The summed E-state index contributed by atoms with van der Waals surface area (Å²) in [5.41, 5.74) is 0. The first-order valence-corrected chi connectivity index (χ1v) is 5.05. The normalized spacial score (nSPS) is 25.5. The van der Waals surface area contributed by atoms with Gasteiger partial charge in [-0.3, -0.25) is 0 Å². The average Bonchev–Trinajstić information content (AvgIpc) is 2.48. The standard InChI is InChI=1S/C10H21NO/c1-9(2)3-5-11-6-4-10(7-11)8-12/h9-10,12H,3-8H2,1-2H3/t10-/m0/s1. The van der Waals surface area contributed by atoms with Crippen molar-refractivity contribution in [1.29, 1.82) is 0 Å². The Kier molecular flexibility index (Phi) is 4.02. The molecule has 0 aromatic heterocycles. The molecule has 0 aromatic carbocycles. The van der Waals surface area contributed by atoms with Crippen molar-refractivity contribution in [1.82, 2.24) is 4.90 Å². The van der Waals surface area contributed by atoms with Gasteiger partial charge in [-0.1, -0.05) is 13.8 Å². The van der Waals surface area contributed by atoms with E-state index in [2.05, 4.69) is 18.7 Å². The molecule has 1 saturated heterocycles. The molecule has 0 aliphatic carbocycles. The third kappa shape index (κ3) is 3.11. The molecule has 0 spiro atoms. The van der Waals surface area contributed by atoms with Crippen LogP contribution >= 0.6 is 0 Å². The Morgan fingerprint density at radius 2 is 2.25 bits per heavy atom. The van der Waals surface area contributed by atoms with Gasteiger partial charge in [0.1, 0.15) is 0 Å². The molecule has 0 saturated carbocycles. The fraction of sp³-hybridized carbons (Fsp3) is 1.00. The lowest BCUT2D eigenvalue weighted by molar-refractivity contribution is 0.219. The molecule has 0 aromatic rings. The molecule has 0 radical (unpaired) electrons. The van der Waals surface area contributed by atoms with Gasteiger partial charge in [0, 0.05) is 13.2 Å². The monoisotopic (exact) mass is 171 g/mol. The average molecular weight is 171 g/mol. The minimum atomic E-state index is 0.373. The number of likely N-dealkylation sites (tertiary alicyclic amines) is 1. The van der Waals surface area contributed by atoms with Gasteiger partial charge in [-0.15, -0.1) is 0 Å². The second-order valence-electron chi connectivity index (χ2n) is 4.32. The molecular formula is C10H21NO. The van der Waals surface area contributed by atoms with Crippen molar-refractivity contribution in [2.75, 3.05) is 26.2 Å². The van der Waals surface area contributed by atoms with Crippen LogP contribution in [0.25, 0.3) is 0 Å². The predicted molar refractivity (Wildman–Crippen MR) is 51.1 cm³/mol. The van der Waals surface area contributed by atoms with Gasteiger partial charge >= 0.3 is 0 Å². The van der Waals surface area contributed by atoms with Crippen LogP contribution in [0.2, 0.25) is 0 Å². The first-order chi connectivity index (χ1) is 5.72. The minimum Gasteiger partial charge on any atom is -0.396 e. The fourth-order valence-corrected chi connectivity index (χ4v) is 1.71. The topological polar surface area (TPSA) is 23.5 Å². The van der Waals surface area contributed by atoms with E-state index in [9.17, 15) is 0 Å². The van der Waals surface area contributed by atoms with E-state index in [1.165, 1.54) is 25.9 Å². The van der Waals surface area contributed by atoms with E-state index in [0.717, 1.165) is 12.5 Å². The lowest BCUT2D eigenvalue weighted by Crippen LogP contribution is -2.23. The maximum atomic E-state index is 8.93. The first-order valence-electron chi connectivity index (χ1n) is 5.05. The molecule has 1 aliphatic rings. The Balaban J connectivity index is 2.11. The third-order valence-corrected chi connectivity index (χ3v) is 2.65. The van der Waals surface area contributed by atoms with Crippen LogP contribution in [0.1, 0.15) is 26.7 Å². The van der Waals surface area contributed by atoms with Gasteiger partial charge in [0.05, 0.1) is 0 Å². The summed E-state index contributed by atoms with van der Waals surface area (Å²) in [6, 6.07) is 0. The highest BCUT2D eigenvalue weighted by molar-refractivity contribution is 4.74. The van der Waals surface area contributed by atoms with Gasteiger partial charge in [0.2, 0.25) is 0 Å². The molecule has 1 fully saturated rings. The molecule has 12 heavy (non-hydrogen) atoms.